The Morgan fingerprint density at radius 3 is 2.57 bits per heavy atom. The molecular formula is C14H16N2O4S. The summed E-state index contributed by atoms with van der Waals surface area (Å²) in [6.45, 7) is 1.84. The highest BCUT2D eigenvalue weighted by Crippen LogP contribution is 2.17. The number of rotatable bonds is 5. The molecule has 7 heteroatoms. The van der Waals surface area contributed by atoms with Crippen molar-refractivity contribution < 1.29 is 18.3 Å². The van der Waals surface area contributed by atoms with E-state index in [2.05, 4.69) is 5.10 Å². The molecule has 112 valence electrons. The molecule has 0 spiro atoms. The molecule has 0 saturated heterocycles. The second kappa shape index (κ2) is 5.69. The summed E-state index contributed by atoms with van der Waals surface area (Å²) in [5.74, 6) is -1.65. The summed E-state index contributed by atoms with van der Waals surface area (Å²) in [4.78, 5) is 11.1. The van der Waals surface area contributed by atoms with Crippen molar-refractivity contribution in [2.24, 2.45) is 7.05 Å². The van der Waals surface area contributed by atoms with Gasteiger partial charge >= 0.3 is 5.97 Å². The largest absolute Gasteiger partial charge is 0.478 e. The lowest BCUT2D eigenvalue weighted by Crippen LogP contribution is -2.14. The molecule has 0 aliphatic heterocycles. The highest BCUT2D eigenvalue weighted by atomic mass is 32.2. The van der Waals surface area contributed by atoms with Crippen LogP contribution in [0.15, 0.2) is 30.5 Å². The predicted octanol–water partition coefficient (Wildman–Crippen LogP) is 1.54. The first-order valence-electron chi connectivity index (χ1n) is 6.29. The molecule has 2 rings (SSSR count). The molecule has 6 nitrogen and oxygen atoms in total. The average Bonchev–Trinajstić information content (AvgIpc) is 2.73. The van der Waals surface area contributed by atoms with Crippen LogP contribution in [0.5, 0.6) is 0 Å². The molecule has 0 aliphatic rings. The second-order valence-corrected chi connectivity index (χ2v) is 6.96. The average molecular weight is 308 g/mol. The number of hydrogen-bond donors (Lipinski definition) is 1. The van der Waals surface area contributed by atoms with Crippen LogP contribution in [0.25, 0.3) is 0 Å². The Labute approximate surface area is 123 Å². The number of hydrogen-bond acceptors (Lipinski definition) is 4. The van der Waals surface area contributed by atoms with Crippen molar-refractivity contribution in [3.8, 4) is 0 Å². The van der Waals surface area contributed by atoms with E-state index in [0.29, 0.717) is 0 Å². The zero-order valence-electron chi connectivity index (χ0n) is 11.8. The minimum absolute atomic E-state index is 0.0779. The van der Waals surface area contributed by atoms with Crippen molar-refractivity contribution in [1.29, 1.82) is 0 Å². The van der Waals surface area contributed by atoms with Crippen LogP contribution < -0.4 is 0 Å². The van der Waals surface area contributed by atoms with E-state index in [1.165, 1.54) is 17.9 Å². The summed E-state index contributed by atoms with van der Waals surface area (Å²) in [7, 11) is -1.95. The van der Waals surface area contributed by atoms with E-state index in [4.69, 9.17) is 5.11 Å². The maximum absolute atomic E-state index is 12.3. The van der Waals surface area contributed by atoms with E-state index < -0.39 is 15.8 Å². The van der Waals surface area contributed by atoms with Crippen molar-refractivity contribution in [3.05, 3.63) is 52.8 Å². The van der Waals surface area contributed by atoms with Gasteiger partial charge in [-0.3, -0.25) is 4.68 Å². The Morgan fingerprint density at radius 2 is 1.95 bits per heavy atom. The van der Waals surface area contributed by atoms with Crippen LogP contribution in [-0.4, -0.2) is 29.3 Å². The van der Waals surface area contributed by atoms with Gasteiger partial charge in [0.25, 0.3) is 0 Å². The van der Waals surface area contributed by atoms with Gasteiger partial charge in [0.15, 0.2) is 9.84 Å². The van der Waals surface area contributed by atoms with Crippen LogP contribution in [0, 0.1) is 6.92 Å². The van der Waals surface area contributed by atoms with Crippen molar-refractivity contribution in [3.63, 3.8) is 0 Å². The van der Waals surface area contributed by atoms with E-state index in [1.807, 2.05) is 19.1 Å². The third-order valence-corrected chi connectivity index (χ3v) is 4.75. The fourth-order valence-corrected chi connectivity index (χ4v) is 3.74. The smallest absolute Gasteiger partial charge is 0.339 e. The van der Waals surface area contributed by atoms with Crippen LogP contribution in [0.4, 0.5) is 0 Å². The van der Waals surface area contributed by atoms with E-state index in [1.54, 1.807) is 12.1 Å². The first-order valence-corrected chi connectivity index (χ1v) is 8.11. The summed E-state index contributed by atoms with van der Waals surface area (Å²) in [6, 6.07) is 7.23. The molecule has 1 aromatic heterocycles. The molecule has 1 heterocycles. The van der Waals surface area contributed by atoms with Crippen LogP contribution in [0.1, 0.15) is 27.2 Å². The lowest BCUT2D eigenvalue weighted by molar-refractivity contribution is 0.0696. The zero-order chi connectivity index (χ0) is 15.6. The summed E-state index contributed by atoms with van der Waals surface area (Å²) >= 11 is 0. The molecule has 0 aliphatic carbocycles. The van der Waals surface area contributed by atoms with Gasteiger partial charge in [-0.25, -0.2) is 13.2 Å². The normalized spacial score (nSPS) is 11.5. The van der Waals surface area contributed by atoms with Gasteiger partial charge in [-0.05, 0) is 18.1 Å². The van der Waals surface area contributed by atoms with Crippen molar-refractivity contribution >= 4 is 15.8 Å². The standard InChI is InChI=1S/C14H16N2O4S/c1-10-5-3-4-6-11(10)8-21(19,20)9-13-12(14(17)18)7-15-16(13)2/h3-7H,8-9H2,1-2H3,(H,17,18). The van der Waals surface area contributed by atoms with E-state index in [9.17, 15) is 13.2 Å². The van der Waals surface area contributed by atoms with Gasteiger partial charge in [0, 0.05) is 7.05 Å². The molecule has 0 unspecified atom stereocenters. The Bertz CT molecular complexity index is 778. The number of carboxylic acids is 1. The number of sulfone groups is 1. The third-order valence-electron chi connectivity index (χ3n) is 3.29. The van der Waals surface area contributed by atoms with Crippen molar-refractivity contribution in [1.82, 2.24) is 9.78 Å². The molecular weight excluding hydrogens is 292 g/mol. The summed E-state index contributed by atoms with van der Waals surface area (Å²) in [5.41, 5.74) is 1.73. The fraction of sp³-hybridized carbons (Fsp3) is 0.286. The van der Waals surface area contributed by atoms with Gasteiger partial charge in [-0.15, -0.1) is 0 Å². The lowest BCUT2D eigenvalue weighted by Gasteiger charge is -2.08. The van der Waals surface area contributed by atoms with Crippen LogP contribution in [0.2, 0.25) is 0 Å². The van der Waals surface area contributed by atoms with Gasteiger partial charge in [0.05, 0.1) is 23.4 Å². The number of carbonyl (C=O) groups is 1. The number of aromatic carboxylic acids is 1. The van der Waals surface area contributed by atoms with E-state index in [0.717, 1.165) is 11.1 Å². The number of benzene rings is 1. The van der Waals surface area contributed by atoms with Crippen LogP contribution in [0.3, 0.4) is 0 Å². The molecule has 0 fully saturated rings. The fourth-order valence-electron chi connectivity index (χ4n) is 2.08. The zero-order valence-corrected chi connectivity index (χ0v) is 12.6. The Kier molecular flexibility index (Phi) is 4.13. The number of carboxylic acid groups (broad SMARTS) is 1. The molecule has 0 atom stereocenters. The third kappa shape index (κ3) is 3.49. The van der Waals surface area contributed by atoms with Crippen LogP contribution in [-0.2, 0) is 28.4 Å². The SMILES string of the molecule is Cc1ccccc1CS(=O)(=O)Cc1c(C(=O)O)cnn1C. The molecule has 21 heavy (non-hydrogen) atoms. The first kappa shape index (κ1) is 15.2. The molecule has 2 aromatic rings. The number of aryl methyl sites for hydroxylation is 2. The van der Waals surface area contributed by atoms with Gasteiger partial charge in [-0.2, -0.15) is 5.10 Å². The quantitative estimate of drug-likeness (QED) is 0.905. The molecule has 0 bridgehead atoms. The van der Waals surface area contributed by atoms with Gasteiger partial charge < -0.3 is 5.11 Å². The van der Waals surface area contributed by atoms with Crippen LogP contribution >= 0.6 is 0 Å². The molecule has 0 saturated carbocycles. The predicted molar refractivity (Wildman–Crippen MR) is 77.7 cm³/mol. The highest BCUT2D eigenvalue weighted by molar-refractivity contribution is 7.89. The first-order chi connectivity index (χ1) is 9.80. The molecule has 1 N–H and O–H groups in total. The summed E-state index contributed by atoms with van der Waals surface area (Å²) < 4.78 is 25.9. The van der Waals surface area contributed by atoms with E-state index >= 15 is 0 Å². The second-order valence-electron chi connectivity index (χ2n) is 4.89. The van der Waals surface area contributed by atoms with Crippen molar-refractivity contribution in [2.45, 2.75) is 18.4 Å². The minimum Gasteiger partial charge on any atom is -0.478 e. The maximum atomic E-state index is 12.3. The van der Waals surface area contributed by atoms with Gasteiger partial charge in [-0.1, -0.05) is 24.3 Å². The Hall–Kier alpha value is -2.15. The Morgan fingerprint density at radius 1 is 1.29 bits per heavy atom. The van der Waals surface area contributed by atoms with E-state index in [-0.39, 0.29) is 22.8 Å². The molecule has 0 radical (unpaired) electrons. The summed E-state index contributed by atoms with van der Waals surface area (Å²) in [5, 5.41) is 12.9. The topological polar surface area (TPSA) is 89.3 Å². The molecule has 1 aromatic carbocycles. The summed E-state index contributed by atoms with van der Waals surface area (Å²) in [6.07, 6.45) is 1.17. The van der Waals surface area contributed by atoms with Crippen molar-refractivity contribution in [2.75, 3.05) is 0 Å². The highest BCUT2D eigenvalue weighted by Gasteiger charge is 2.22. The lowest BCUT2D eigenvalue weighted by atomic mass is 10.1. The Balaban J connectivity index is 2.29. The maximum Gasteiger partial charge on any atom is 0.339 e. The number of nitrogens with zero attached hydrogens (tertiary/aromatic N) is 2. The van der Waals surface area contributed by atoms with Gasteiger partial charge in [0.1, 0.15) is 5.56 Å². The molecule has 0 amide bonds. The van der Waals surface area contributed by atoms with Gasteiger partial charge in [0.2, 0.25) is 0 Å². The monoisotopic (exact) mass is 308 g/mol. The number of aromatic nitrogens is 2. The minimum atomic E-state index is -3.48.